The summed E-state index contributed by atoms with van der Waals surface area (Å²) in [6, 6.07) is 23.9. The molecule has 0 aliphatic carbocycles. The lowest BCUT2D eigenvalue weighted by molar-refractivity contribution is 0.0997. The molecule has 0 radical (unpaired) electrons. The summed E-state index contributed by atoms with van der Waals surface area (Å²) in [4.78, 5) is 31.9. The molecule has 3 aromatic carbocycles. The number of carbonyl (C=O) groups is 1. The standard InChI is InChI=1S/C27H20BrClN4O2S/c1-17-24(26(35)33(31(17)2)20-8-4-3-5-9-20)32-23(18-12-14-19(29)15-13-18)16-36-27(32)30-25(34)21-10-6-7-11-22(21)28/h3-16H,1-2H3. The molecule has 0 saturated carbocycles. The number of benzene rings is 3. The van der Waals surface area contributed by atoms with Crippen LogP contribution in [-0.2, 0) is 7.05 Å². The summed E-state index contributed by atoms with van der Waals surface area (Å²) in [5, 5.41) is 2.51. The maximum Gasteiger partial charge on any atom is 0.296 e. The number of amides is 1. The molecule has 5 aromatic rings. The third-order valence-electron chi connectivity index (χ3n) is 5.90. The molecule has 2 aromatic heterocycles. The van der Waals surface area contributed by atoms with Crippen molar-refractivity contribution in [2.24, 2.45) is 12.0 Å². The Morgan fingerprint density at radius 2 is 1.64 bits per heavy atom. The summed E-state index contributed by atoms with van der Waals surface area (Å²) in [5.74, 6) is -0.405. The Hall–Kier alpha value is -3.46. The van der Waals surface area contributed by atoms with E-state index in [0.29, 0.717) is 25.5 Å². The van der Waals surface area contributed by atoms with Crippen LogP contribution in [0.2, 0.25) is 5.02 Å². The highest BCUT2D eigenvalue weighted by Gasteiger charge is 2.22. The average Bonchev–Trinajstić information content (AvgIpc) is 3.37. The summed E-state index contributed by atoms with van der Waals surface area (Å²) in [5.41, 5.74) is 3.70. The second kappa shape index (κ2) is 9.89. The molecule has 1 amide bonds. The van der Waals surface area contributed by atoms with Gasteiger partial charge in [-0.2, -0.15) is 4.99 Å². The van der Waals surface area contributed by atoms with E-state index in [9.17, 15) is 9.59 Å². The summed E-state index contributed by atoms with van der Waals surface area (Å²) in [7, 11) is 1.84. The summed E-state index contributed by atoms with van der Waals surface area (Å²) >= 11 is 10.9. The van der Waals surface area contributed by atoms with E-state index >= 15 is 0 Å². The molecule has 0 atom stereocenters. The molecule has 0 unspecified atom stereocenters. The van der Waals surface area contributed by atoms with E-state index in [1.54, 1.807) is 39.6 Å². The highest BCUT2D eigenvalue weighted by Crippen LogP contribution is 2.26. The first-order chi connectivity index (χ1) is 17.4. The zero-order valence-electron chi connectivity index (χ0n) is 19.4. The molecule has 0 aliphatic rings. The van der Waals surface area contributed by atoms with Gasteiger partial charge >= 0.3 is 0 Å². The SMILES string of the molecule is Cc1c(-n2c(-c3ccc(Cl)cc3)csc2=NC(=O)c2ccccc2Br)c(=O)n(-c2ccccc2)n1C. The summed E-state index contributed by atoms with van der Waals surface area (Å²) in [6.45, 7) is 1.88. The topological polar surface area (TPSA) is 61.3 Å². The van der Waals surface area contributed by atoms with Gasteiger partial charge < -0.3 is 0 Å². The van der Waals surface area contributed by atoms with Crippen LogP contribution < -0.4 is 10.4 Å². The number of aromatic nitrogens is 3. The number of thiazole rings is 1. The van der Waals surface area contributed by atoms with Crippen LogP contribution in [0.4, 0.5) is 0 Å². The molecule has 0 aliphatic heterocycles. The van der Waals surface area contributed by atoms with Gasteiger partial charge in [0, 0.05) is 21.9 Å². The van der Waals surface area contributed by atoms with E-state index in [2.05, 4.69) is 20.9 Å². The zero-order chi connectivity index (χ0) is 25.4. The maximum atomic E-state index is 13.9. The normalized spacial score (nSPS) is 11.7. The average molecular weight is 580 g/mol. The second-order valence-corrected chi connectivity index (χ2v) is 10.2. The van der Waals surface area contributed by atoms with Crippen LogP contribution in [0.5, 0.6) is 0 Å². The van der Waals surface area contributed by atoms with Crippen LogP contribution in [0.1, 0.15) is 16.1 Å². The van der Waals surface area contributed by atoms with Crippen LogP contribution in [0, 0.1) is 6.92 Å². The quantitative estimate of drug-likeness (QED) is 0.256. The van der Waals surface area contributed by atoms with Gasteiger partial charge in [0.15, 0.2) is 4.80 Å². The molecular formula is C27H20BrClN4O2S. The van der Waals surface area contributed by atoms with E-state index in [4.69, 9.17) is 11.6 Å². The lowest BCUT2D eigenvalue weighted by atomic mass is 10.1. The minimum Gasteiger partial charge on any atom is -0.283 e. The van der Waals surface area contributed by atoms with Crippen LogP contribution in [0.25, 0.3) is 22.6 Å². The largest absolute Gasteiger partial charge is 0.296 e. The number of hydrogen-bond donors (Lipinski definition) is 0. The van der Waals surface area contributed by atoms with Crippen molar-refractivity contribution in [1.29, 1.82) is 0 Å². The monoisotopic (exact) mass is 578 g/mol. The zero-order valence-corrected chi connectivity index (χ0v) is 22.5. The number of carbonyl (C=O) groups excluding carboxylic acids is 1. The van der Waals surface area contributed by atoms with E-state index in [1.807, 2.05) is 72.6 Å². The number of nitrogens with zero attached hydrogens (tertiary/aromatic N) is 4. The molecule has 0 bridgehead atoms. The highest BCUT2D eigenvalue weighted by molar-refractivity contribution is 9.10. The third-order valence-corrected chi connectivity index (χ3v) is 7.67. The first-order valence-electron chi connectivity index (χ1n) is 11.0. The molecule has 5 rings (SSSR count). The fourth-order valence-corrected chi connectivity index (χ4v) is 5.49. The van der Waals surface area contributed by atoms with Gasteiger partial charge in [-0.15, -0.1) is 11.3 Å². The second-order valence-electron chi connectivity index (χ2n) is 8.05. The minimum atomic E-state index is -0.405. The van der Waals surface area contributed by atoms with Crippen molar-refractivity contribution in [3.05, 3.63) is 120 Å². The van der Waals surface area contributed by atoms with Gasteiger partial charge in [-0.3, -0.25) is 18.8 Å². The van der Waals surface area contributed by atoms with Crippen LogP contribution in [0.15, 0.2) is 98.5 Å². The molecule has 36 heavy (non-hydrogen) atoms. The molecule has 0 spiro atoms. The molecule has 0 N–H and O–H groups in total. The number of halogens is 2. The Labute approximate surface area is 224 Å². The van der Waals surface area contributed by atoms with E-state index < -0.39 is 5.91 Å². The van der Waals surface area contributed by atoms with Crippen LogP contribution >= 0.6 is 38.9 Å². The van der Waals surface area contributed by atoms with Gasteiger partial charge in [0.05, 0.1) is 22.6 Å². The van der Waals surface area contributed by atoms with Gasteiger partial charge in [0.1, 0.15) is 5.69 Å². The first kappa shape index (κ1) is 24.2. The van der Waals surface area contributed by atoms with Crippen molar-refractivity contribution in [3.8, 4) is 22.6 Å². The Morgan fingerprint density at radius 1 is 0.972 bits per heavy atom. The smallest absolute Gasteiger partial charge is 0.283 e. The maximum absolute atomic E-state index is 13.9. The van der Waals surface area contributed by atoms with Crippen molar-refractivity contribution in [3.63, 3.8) is 0 Å². The minimum absolute atomic E-state index is 0.218. The van der Waals surface area contributed by atoms with Gasteiger partial charge in [-0.05, 0) is 64.8 Å². The fraction of sp³-hybridized carbons (Fsp3) is 0.0741. The third kappa shape index (κ3) is 4.32. The molecule has 6 nitrogen and oxygen atoms in total. The van der Waals surface area contributed by atoms with Crippen molar-refractivity contribution < 1.29 is 4.79 Å². The van der Waals surface area contributed by atoms with Gasteiger partial charge in [-0.25, -0.2) is 4.68 Å². The summed E-state index contributed by atoms with van der Waals surface area (Å²) in [6.07, 6.45) is 0. The Balaban J connectivity index is 1.80. The molecular weight excluding hydrogens is 560 g/mol. The van der Waals surface area contributed by atoms with E-state index in [0.717, 1.165) is 22.6 Å². The van der Waals surface area contributed by atoms with Crippen molar-refractivity contribution in [1.82, 2.24) is 13.9 Å². The van der Waals surface area contributed by atoms with Gasteiger partial charge in [-0.1, -0.05) is 54.1 Å². The van der Waals surface area contributed by atoms with Crippen molar-refractivity contribution in [2.45, 2.75) is 6.92 Å². The Bertz CT molecular complexity index is 1710. The van der Waals surface area contributed by atoms with Crippen LogP contribution in [0.3, 0.4) is 0 Å². The van der Waals surface area contributed by atoms with Crippen LogP contribution in [-0.4, -0.2) is 19.8 Å². The van der Waals surface area contributed by atoms with E-state index in [-0.39, 0.29) is 5.56 Å². The summed E-state index contributed by atoms with van der Waals surface area (Å²) < 4.78 is 5.84. The van der Waals surface area contributed by atoms with Gasteiger partial charge in [0.25, 0.3) is 11.5 Å². The molecule has 2 heterocycles. The Kier molecular flexibility index (Phi) is 6.66. The highest BCUT2D eigenvalue weighted by atomic mass is 79.9. The van der Waals surface area contributed by atoms with E-state index in [1.165, 1.54) is 11.3 Å². The predicted octanol–water partition coefficient (Wildman–Crippen LogP) is 6.16. The van der Waals surface area contributed by atoms with Crippen molar-refractivity contribution in [2.75, 3.05) is 0 Å². The lowest BCUT2D eigenvalue weighted by Gasteiger charge is -2.08. The molecule has 9 heteroatoms. The number of para-hydroxylation sites is 1. The number of hydrogen-bond acceptors (Lipinski definition) is 3. The lowest BCUT2D eigenvalue weighted by Crippen LogP contribution is -2.25. The molecule has 180 valence electrons. The Morgan fingerprint density at radius 3 is 2.33 bits per heavy atom. The van der Waals surface area contributed by atoms with Gasteiger partial charge in [0.2, 0.25) is 0 Å². The molecule has 0 fully saturated rings. The molecule has 0 saturated heterocycles. The first-order valence-corrected chi connectivity index (χ1v) is 13.1. The van der Waals surface area contributed by atoms with Crippen molar-refractivity contribution >= 4 is 44.8 Å². The fourth-order valence-electron chi connectivity index (χ4n) is 4.02. The predicted molar refractivity (Wildman–Crippen MR) is 147 cm³/mol. The number of rotatable bonds is 4.